The lowest BCUT2D eigenvalue weighted by atomic mass is 9.88. The van der Waals surface area contributed by atoms with E-state index in [-0.39, 0.29) is 11.5 Å². The van der Waals surface area contributed by atoms with E-state index in [1.165, 1.54) is 0 Å². The van der Waals surface area contributed by atoms with Crippen molar-refractivity contribution in [3.63, 3.8) is 0 Å². The number of likely N-dealkylation sites (tertiary alicyclic amines) is 1. The van der Waals surface area contributed by atoms with Crippen LogP contribution >= 0.6 is 0 Å². The summed E-state index contributed by atoms with van der Waals surface area (Å²) in [5, 5.41) is 0. The van der Waals surface area contributed by atoms with Gasteiger partial charge < -0.3 is 19.3 Å². The van der Waals surface area contributed by atoms with Crippen LogP contribution in [0.2, 0.25) is 0 Å². The number of amides is 1. The number of piperidine rings is 1. The number of ether oxygens (including phenoxy) is 2. The Balaban J connectivity index is 1.35. The van der Waals surface area contributed by atoms with E-state index < -0.39 is 6.10 Å². The number of carbonyl (C=O) groups is 1. The number of carbonyl (C=O) groups excluding carboxylic acids is 1. The van der Waals surface area contributed by atoms with Crippen molar-refractivity contribution in [1.29, 1.82) is 0 Å². The minimum absolute atomic E-state index is 0.0508. The van der Waals surface area contributed by atoms with Gasteiger partial charge in [-0.2, -0.15) is 0 Å². The predicted octanol–water partition coefficient (Wildman–Crippen LogP) is 2.92. The van der Waals surface area contributed by atoms with Crippen molar-refractivity contribution in [3.8, 4) is 5.75 Å². The zero-order valence-electron chi connectivity index (χ0n) is 17.2. The SMILES string of the molecule is COc1ccc(CCN2CCC3(CC2)CN(c2ccccc2)C(=O)C(C)O3)nc1. The Morgan fingerprint density at radius 2 is 1.93 bits per heavy atom. The van der Waals surface area contributed by atoms with Gasteiger partial charge in [-0.15, -0.1) is 0 Å². The highest BCUT2D eigenvalue weighted by molar-refractivity contribution is 5.97. The fraction of sp³-hybridized carbons (Fsp3) is 0.478. The highest BCUT2D eigenvalue weighted by atomic mass is 16.5. The summed E-state index contributed by atoms with van der Waals surface area (Å²) in [6.07, 6.45) is 4.16. The van der Waals surface area contributed by atoms with Crippen molar-refractivity contribution in [2.75, 3.05) is 38.2 Å². The summed E-state index contributed by atoms with van der Waals surface area (Å²) >= 11 is 0. The number of pyridine rings is 1. The van der Waals surface area contributed by atoms with Gasteiger partial charge >= 0.3 is 0 Å². The molecule has 2 aromatic rings. The molecule has 1 aromatic carbocycles. The first-order valence-corrected chi connectivity index (χ1v) is 10.3. The molecule has 6 nitrogen and oxygen atoms in total. The number of hydrogen-bond donors (Lipinski definition) is 0. The van der Waals surface area contributed by atoms with Crippen molar-refractivity contribution in [1.82, 2.24) is 9.88 Å². The van der Waals surface area contributed by atoms with Crippen LogP contribution < -0.4 is 9.64 Å². The van der Waals surface area contributed by atoms with Gasteiger partial charge in [0.05, 0.1) is 25.5 Å². The summed E-state index contributed by atoms with van der Waals surface area (Å²) < 4.78 is 11.4. The van der Waals surface area contributed by atoms with E-state index in [4.69, 9.17) is 9.47 Å². The Morgan fingerprint density at radius 1 is 1.17 bits per heavy atom. The van der Waals surface area contributed by atoms with E-state index in [2.05, 4.69) is 9.88 Å². The average molecular weight is 396 g/mol. The topological polar surface area (TPSA) is 54.9 Å². The molecular weight excluding hydrogens is 366 g/mol. The molecule has 0 radical (unpaired) electrons. The number of methoxy groups -OCH3 is 1. The maximum absolute atomic E-state index is 12.7. The Kier molecular flexibility index (Phi) is 5.83. The van der Waals surface area contributed by atoms with Crippen LogP contribution in [-0.2, 0) is 16.0 Å². The van der Waals surface area contributed by atoms with Gasteiger partial charge in [0, 0.05) is 37.4 Å². The van der Waals surface area contributed by atoms with Crippen molar-refractivity contribution >= 4 is 11.6 Å². The molecule has 0 saturated carbocycles. The van der Waals surface area contributed by atoms with Crippen LogP contribution in [0.4, 0.5) is 5.69 Å². The van der Waals surface area contributed by atoms with E-state index in [0.717, 1.165) is 56.0 Å². The second kappa shape index (κ2) is 8.51. The summed E-state index contributed by atoms with van der Waals surface area (Å²) in [6, 6.07) is 13.9. The number of para-hydroxylation sites is 1. The maximum atomic E-state index is 12.7. The molecule has 0 aliphatic carbocycles. The molecule has 29 heavy (non-hydrogen) atoms. The lowest BCUT2D eigenvalue weighted by Gasteiger charge is -2.49. The van der Waals surface area contributed by atoms with Crippen molar-refractivity contribution in [2.45, 2.75) is 37.9 Å². The van der Waals surface area contributed by atoms with Crippen molar-refractivity contribution in [3.05, 3.63) is 54.4 Å². The summed E-state index contributed by atoms with van der Waals surface area (Å²) in [4.78, 5) is 21.5. The molecule has 0 bridgehead atoms. The number of benzene rings is 1. The van der Waals surface area contributed by atoms with E-state index in [1.807, 2.05) is 54.3 Å². The third kappa shape index (κ3) is 4.43. The molecule has 2 aliphatic rings. The molecule has 4 rings (SSSR count). The molecule has 1 atom stereocenters. The molecule has 1 spiro atoms. The number of aromatic nitrogens is 1. The second-order valence-corrected chi connectivity index (χ2v) is 7.98. The molecule has 1 unspecified atom stereocenters. The zero-order chi connectivity index (χ0) is 20.3. The largest absolute Gasteiger partial charge is 0.495 e. The normalized spacial score (nSPS) is 22.1. The fourth-order valence-corrected chi connectivity index (χ4v) is 4.29. The van der Waals surface area contributed by atoms with E-state index >= 15 is 0 Å². The number of rotatable bonds is 5. The molecule has 2 saturated heterocycles. The van der Waals surface area contributed by atoms with Gasteiger partial charge in [-0.3, -0.25) is 9.78 Å². The predicted molar refractivity (Wildman–Crippen MR) is 112 cm³/mol. The van der Waals surface area contributed by atoms with Crippen molar-refractivity contribution in [2.24, 2.45) is 0 Å². The van der Waals surface area contributed by atoms with Gasteiger partial charge in [0.25, 0.3) is 5.91 Å². The molecular formula is C23H29N3O3. The van der Waals surface area contributed by atoms with Crippen LogP contribution in [0.15, 0.2) is 48.7 Å². The average Bonchev–Trinajstić information content (AvgIpc) is 2.77. The first-order chi connectivity index (χ1) is 14.1. The zero-order valence-corrected chi connectivity index (χ0v) is 17.2. The standard InChI is InChI=1S/C23H29N3O3/c1-18-22(27)26(20-6-4-3-5-7-20)17-23(29-18)11-14-25(15-12-23)13-10-19-8-9-21(28-2)16-24-19/h3-9,16,18H,10-15,17H2,1-2H3. The van der Waals surface area contributed by atoms with Crippen molar-refractivity contribution < 1.29 is 14.3 Å². The third-order valence-corrected chi connectivity index (χ3v) is 6.04. The van der Waals surface area contributed by atoms with Gasteiger partial charge in [-0.05, 0) is 44.0 Å². The summed E-state index contributed by atoms with van der Waals surface area (Å²) in [6.45, 7) is 5.43. The van der Waals surface area contributed by atoms with Crippen LogP contribution in [0.1, 0.15) is 25.5 Å². The minimum atomic E-state index is -0.404. The first kappa shape index (κ1) is 19.9. The van der Waals surface area contributed by atoms with Gasteiger partial charge in [0.1, 0.15) is 11.9 Å². The fourth-order valence-electron chi connectivity index (χ4n) is 4.29. The van der Waals surface area contributed by atoms with Crippen LogP contribution in [0.5, 0.6) is 5.75 Å². The van der Waals surface area contributed by atoms with Gasteiger partial charge in [-0.1, -0.05) is 18.2 Å². The molecule has 2 fully saturated rings. The molecule has 6 heteroatoms. The lowest BCUT2D eigenvalue weighted by molar-refractivity contribution is -0.161. The van der Waals surface area contributed by atoms with Gasteiger partial charge in [0.2, 0.25) is 0 Å². The Labute approximate surface area is 172 Å². The number of anilines is 1. The van der Waals surface area contributed by atoms with Crippen LogP contribution in [0, 0.1) is 0 Å². The molecule has 3 heterocycles. The molecule has 1 aromatic heterocycles. The number of morpholine rings is 1. The van der Waals surface area contributed by atoms with E-state index in [9.17, 15) is 4.79 Å². The molecule has 1 amide bonds. The van der Waals surface area contributed by atoms with Crippen LogP contribution in [-0.4, -0.2) is 60.8 Å². The number of nitrogens with zero attached hydrogens (tertiary/aromatic N) is 3. The number of hydrogen-bond acceptors (Lipinski definition) is 5. The first-order valence-electron chi connectivity index (χ1n) is 10.3. The molecule has 2 aliphatic heterocycles. The maximum Gasteiger partial charge on any atom is 0.255 e. The summed E-state index contributed by atoms with van der Waals surface area (Å²) in [7, 11) is 1.65. The highest BCUT2D eigenvalue weighted by Crippen LogP contribution is 2.35. The Hall–Kier alpha value is -2.44. The Morgan fingerprint density at radius 3 is 2.59 bits per heavy atom. The Bertz CT molecular complexity index is 817. The van der Waals surface area contributed by atoms with Gasteiger partial charge in [-0.25, -0.2) is 0 Å². The monoisotopic (exact) mass is 395 g/mol. The summed E-state index contributed by atoms with van der Waals surface area (Å²) in [5.74, 6) is 0.838. The second-order valence-electron chi connectivity index (χ2n) is 7.98. The van der Waals surface area contributed by atoms with Gasteiger partial charge in [0.15, 0.2) is 0 Å². The smallest absolute Gasteiger partial charge is 0.255 e. The van der Waals surface area contributed by atoms with Crippen LogP contribution in [0.25, 0.3) is 0 Å². The quantitative estimate of drug-likeness (QED) is 0.779. The molecule has 154 valence electrons. The van der Waals surface area contributed by atoms with E-state index in [1.54, 1.807) is 13.3 Å². The van der Waals surface area contributed by atoms with Crippen LogP contribution in [0.3, 0.4) is 0 Å². The summed E-state index contributed by atoms with van der Waals surface area (Å²) in [5.41, 5.74) is 1.78. The minimum Gasteiger partial charge on any atom is -0.495 e. The highest BCUT2D eigenvalue weighted by Gasteiger charge is 2.45. The third-order valence-electron chi connectivity index (χ3n) is 6.04. The lowest BCUT2D eigenvalue weighted by Crippen LogP contribution is -2.61. The van der Waals surface area contributed by atoms with E-state index in [0.29, 0.717) is 6.54 Å². The molecule has 0 N–H and O–H groups in total.